The van der Waals surface area contributed by atoms with Crippen LogP contribution in [0.15, 0.2) is 42.5 Å². The molecule has 48 heavy (non-hydrogen) atoms. The molecule has 9 nitrogen and oxygen atoms in total. The molecule has 1 aromatic carbocycles. The van der Waals surface area contributed by atoms with Crippen LogP contribution in [-0.2, 0) is 16.0 Å². The summed E-state index contributed by atoms with van der Waals surface area (Å²) in [6.07, 6.45) is 14.8. The molecule has 1 aliphatic heterocycles. The Hall–Kier alpha value is -1.85. The SMILES string of the molecule is CCCCCCCCCCCCCC[C@@H](O)[C@@H](O)[C@H](C=C[C@@H]1OC(CO)[C@H](O)[C@H](O)C1O)NC(=O)CCCCCCCc1ccccc1. The van der Waals surface area contributed by atoms with Gasteiger partial charge in [0.1, 0.15) is 36.6 Å². The minimum Gasteiger partial charge on any atom is -0.394 e. The highest BCUT2D eigenvalue weighted by molar-refractivity contribution is 5.76. The second kappa shape index (κ2) is 26.0. The molecule has 0 aromatic heterocycles. The van der Waals surface area contributed by atoms with Crippen LogP contribution in [0.5, 0.6) is 0 Å². The minimum absolute atomic E-state index is 0.251. The van der Waals surface area contributed by atoms with Crippen LogP contribution in [0.25, 0.3) is 0 Å². The second-order valence-corrected chi connectivity index (χ2v) is 13.8. The summed E-state index contributed by atoms with van der Waals surface area (Å²) in [5.41, 5.74) is 1.33. The van der Waals surface area contributed by atoms with Gasteiger partial charge in [-0.2, -0.15) is 0 Å². The first-order valence-corrected chi connectivity index (χ1v) is 19.0. The van der Waals surface area contributed by atoms with Gasteiger partial charge in [0.05, 0.1) is 18.8 Å². The Morgan fingerprint density at radius 3 is 1.94 bits per heavy atom. The lowest BCUT2D eigenvalue weighted by atomic mass is 9.93. The molecule has 0 aliphatic carbocycles. The molecular weight excluding hydrogens is 610 g/mol. The van der Waals surface area contributed by atoms with E-state index in [4.69, 9.17) is 4.74 Å². The molecular formula is C39H67NO8. The number of carbonyl (C=O) groups excluding carboxylic acids is 1. The number of carbonyl (C=O) groups is 1. The van der Waals surface area contributed by atoms with Crippen LogP contribution >= 0.6 is 0 Å². The van der Waals surface area contributed by atoms with Crippen LogP contribution in [0.3, 0.4) is 0 Å². The molecule has 9 heteroatoms. The van der Waals surface area contributed by atoms with Crippen LogP contribution < -0.4 is 5.32 Å². The van der Waals surface area contributed by atoms with Gasteiger partial charge in [0.2, 0.25) is 5.91 Å². The van der Waals surface area contributed by atoms with Crippen molar-refractivity contribution in [3.05, 3.63) is 48.0 Å². The van der Waals surface area contributed by atoms with Crippen LogP contribution in [0.2, 0.25) is 0 Å². The van der Waals surface area contributed by atoms with Crippen molar-refractivity contribution in [3.8, 4) is 0 Å². The number of aryl methyl sites for hydroxylation is 1. The highest BCUT2D eigenvalue weighted by Gasteiger charge is 2.42. The molecule has 1 aromatic rings. The zero-order valence-electron chi connectivity index (χ0n) is 29.5. The van der Waals surface area contributed by atoms with Crippen LogP contribution in [0.4, 0.5) is 0 Å². The summed E-state index contributed by atoms with van der Waals surface area (Å²) < 4.78 is 5.56. The fraction of sp³-hybridized carbons (Fsp3) is 0.769. The summed E-state index contributed by atoms with van der Waals surface area (Å²) in [6.45, 7) is 1.68. The normalized spacial score (nSPS) is 23.3. The predicted octanol–water partition coefficient (Wildman–Crippen LogP) is 5.27. The van der Waals surface area contributed by atoms with Gasteiger partial charge in [-0.15, -0.1) is 0 Å². The molecule has 276 valence electrons. The second-order valence-electron chi connectivity index (χ2n) is 13.8. The molecule has 8 atom stereocenters. The Bertz CT molecular complexity index is 961. The monoisotopic (exact) mass is 677 g/mol. The van der Waals surface area contributed by atoms with Crippen molar-refractivity contribution in [2.45, 2.75) is 184 Å². The van der Waals surface area contributed by atoms with Gasteiger partial charge < -0.3 is 40.7 Å². The first kappa shape index (κ1) is 42.3. The van der Waals surface area contributed by atoms with Crippen LogP contribution in [-0.4, -0.2) is 91.9 Å². The van der Waals surface area contributed by atoms with E-state index in [9.17, 15) is 35.4 Å². The first-order chi connectivity index (χ1) is 23.3. The molecule has 1 amide bonds. The molecule has 1 heterocycles. The van der Waals surface area contributed by atoms with Crippen molar-refractivity contribution in [1.82, 2.24) is 5.32 Å². The third-order valence-electron chi connectivity index (χ3n) is 9.59. The van der Waals surface area contributed by atoms with E-state index in [1.165, 1.54) is 75.5 Å². The fourth-order valence-corrected chi connectivity index (χ4v) is 6.42. The third kappa shape index (κ3) is 17.2. The van der Waals surface area contributed by atoms with E-state index in [1.54, 1.807) is 0 Å². The van der Waals surface area contributed by atoms with Crippen LogP contribution in [0, 0.1) is 0 Å². The number of hydrogen-bond acceptors (Lipinski definition) is 8. The van der Waals surface area contributed by atoms with Gasteiger partial charge in [-0.1, -0.05) is 146 Å². The van der Waals surface area contributed by atoms with Gasteiger partial charge in [-0.3, -0.25) is 4.79 Å². The van der Waals surface area contributed by atoms with Crippen LogP contribution in [0.1, 0.15) is 134 Å². The largest absolute Gasteiger partial charge is 0.394 e. The minimum atomic E-state index is -1.53. The molecule has 0 spiro atoms. The summed E-state index contributed by atoms with van der Waals surface area (Å²) >= 11 is 0. The van der Waals surface area contributed by atoms with Crippen molar-refractivity contribution in [3.63, 3.8) is 0 Å². The smallest absolute Gasteiger partial charge is 0.220 e. The highest BCUT2D eigenvalue weighted by Crippen LogP contribution is 2.23. The maximum absolute atomic E-state index is 12.9. The fourth-order valence-electron chi connectivity index (χ4n) is 6.42. The number of hydrogen-bond donors (Lipinski definition) is 7. The predicted molar refractivity (Wildman–Crippen MR) is 190 cm³/mol. The number of aliphatic hydroxyl groups is 6. The standard InChI is InChI=1S/C39H67NO8/c1-2-3-4-5-6-7-8-9-10-11-14-20-25-32(42)36(44)31(27-28-33-37(45)39(47)38(46)34(29-41)48-33)40-35(43)26-21-15-12-13-17-22-30-23-18-16-19-24-30/h16,18-19,23-24,27-28,31-34,36-39,41-42,44-47H,2-15,17,20-22,25-26,29H2,1H3,(H,40,43)/t31-,32+,33-,34?,36-,37?,38-,39+/m0/s1. The van der Waals surface area contributed by atoms with E-state index in [0.717, 1.165) is 51.4 Å². The van der Waals surface area contributed by atoms with Crippen molar-refractivity contribution >= 4 is 5.91 Å². The first-order valence-electron chi connectivity index (χ1n) is 19.0. The van der Waals surface area contributed by atoms with E-state index in [0.29, 0.717) is 12.8 Å². The van der Waals surface area contributed by atoms with Gasteiger partial charge in [0, 0.05) is 6.42 Å². The van der Waals surface area contributed by atoms with E-state index in [2.05, 4.69) is 36.5 Å². The number of rotatable bonds is 27. The van der Waals surface area contributed by atoms with Gasteiger partial charge in [0.25, 0.3) is 0 Å². The van der Waals surface area contributed by atoms with E-state index < -0.39 is 55.4 Å². The highest BCUT2D eigenvalue weighted by atomic mass is 16.5. The van der Waals surface area contributed by atoms with Crippen molar-refractivity contribution in [1.29, 1.82) is 0 Å². The number of nitrogens with one attached hydrogen (secondary N) is 1. The van der Waals surface area contributed by atoms with Gasteiger partial charge >= 0.3 is 0 Å². The zero-order chi connectivity index (χ0) is 35.0. The zero-order valence-corrected chi connectivity index (χ0v) is 29.5. The number of unbranched alkanes of at least 4 members (excludes halogenated alkanes) is 15. The molecule has 2 rings (SSSR count). The Morgan fingerprint density at radius 2 is 1.33 bits per heavy atom. The lowest BCUT2D eigenvalue weighted by molar-refractivity contribution is -0.216. The molecule has 0 saturated carbocycles. The summed E-state index contributed by atoms with van der Waals surface area (Å²) in [7, 11) is 0. The molecule has 0 bridgehead atoms. The summed E-state index contributed by atoms with van der Waals surface area (Å²) in [4.78, 5) is 12.9. The maximum Gasteiger partial charge on any atom is 0.220 e. The summed E-state index contributed by atoms with van der Waals surface area (Å²) in [6, 6.07) is 9.44. The number of amides is 1. The molecule has 1 saturated heterocycles. The van der Waals surface area contributed by atoms with Crippen molar-refractivity contribution in [2.24, 2.45) is 0 Å². The number of aliphatic hydroxyl groups excluding tert-OH is 6. The lowest BCUT2D eigenvalue weighted by Crippen LogP contribution is -2.58. The molecule has 0 radical (unpaired) electrons. The van der Waals surface area contributed by atoms with E-state index in [1.807, 2.05) is 6.07 Å². The van der Waals surface area contributed by atoms with Crippen molar-refractivity contribution < 1.29 is 40.2 Å². The topological polar surface area (TPSA) is 160 Å². The number of ether oxygens (including phenoxy) is 1. The molecule has 1 aliphatic rings. The average Bonchev–Trinajstić information content (AvgIpc) is 3.09. The third-order valence-corrected chi connectivity index (χ3v) is 9.59. The molecule has 7 N–H and O–H groups in total. The Balaban J connectivity index is 1.80. The maximum atomic E-state index is 12.9. The molecule has 2 unspecified atom stereocenters. The van der Waals surface area contributed by atoms with Gasteiger partial charge in [-0.05, 0) is 31.2 Å². The van der Waals surface area contributed by atoms with Crippen molar-refractivity contribution in [2.75, 3.05) is 6.61 Å². The average molecular weight is 678 g/mol. The van der Waals surface area contributed by atoms with Gasteiger partial charge in [0.15, 0.2) is 0 Å². The molecule has 1 fully saturated rings. The lowest BCUT2D eigenvalue weighted by Gasteiger charge is -2.39. The summed E-state index contributed by atoms with van der Waals surface area (Å²) in [5.74, 6) is -0.251. The quantitative estimate of drug-likeness (QED) is 0.0490. The Labute approximate surface area is 289 Å². The Morgan fingerprint density at radius 1 is 0.771 bits per heavy atom. The number of benzene rings is 1. The van der Waals surface area contributed by atoms with Gasteiger partial charge in [-0.25, -0.2) is 0 Å². The summed E-state index contributed by atoms with van der Waals surface area (Å²) in [5, 5.41) is 65.0. The Kier molecular flexibility index (Phi) is 22.9. The van der Waals surface area contributed by atoms with E-state index in [-0.39, 0.29) is 12.3 Å². The van der Waals surface area contributed by atoms with E-state index >= 15 is 0 Å².